The Morgan fingerprint density at radius 2 is 1.87 bits per heavy atom. The van der Waals surface area contributed by atoms with Crippen LogP contribution in [0, 0.1) is 6.92 Å². The minimum Gasteiger partial charge on any atom is -0.494 e. The van der Waals surface area contributed by atoms with Gasteiger partial charge in [0.15, 0.2) is 0 Å². The summed E-state index contributed by atoms with van der Waals surface area (Å²) in [6, 6.07) is 15.1. The van der Waals surface area contributed by atoms with Crippen LogP contribution in [0.1, 0.15) is 48.5 Å². The van der Waals surface area contributed by atoms with Crippen molar-refractivity contribution >= 4 is 11.6 Å². The van der Waals surface area contributed by atoms with E-state index in [1.807, 2.05) is 55.5 Å². The van der Waals surface area contributed by atoms with E-state index < -0.39 is 0 Å². The highest BCUT2D eigenvalue weighted by Gasteiger charge is 2.08. The summed E-state index contributed by atoms with van der Waals surface area (Å²) in [4.78, 5) is 12.3. The molecular formula is C20H25NO2. The molecule has 0 fully saturated rings. The largest absolute Gasteiger partial charge is 0.494 e. The Morgan fingerprint density at radius 1 is 1.04 bits per heavy atom. The van der Waals surface area contributed by atoms with Crippen LogP contribution in [0.15, 0.2) is 48.5 Å². The molecule has 0 aliphatic heterocycles. The molecule has 0 aliphatic carbocycles. The third-order valence-electron chi connectivity index (χ3n) is 3.75. The van der Waals surface area contributed by atoms with E-state index in [1.165, 1.54) is 19.3 Å². The average Bonchev–Trinajstić information content (AvgIpc) is 2.55. The second-order valence-electron chi connectivity index (χ2n) is 5.71. The van der Waals surface area contributed by atoms with Crippen molar-refractivity contribution in [1.29, 1.82) is 0 Å². The topological polar surface area (TPSA) is 38.3 Å². The van der Waals surface area contributed by atoms with Crippen LogP contribution in [0.5, 0.6) is 5.75 Å². The molecule has 0 saturated carbocycles. The Bertz CT molecular complexity index is 637. The van der Waals surface area contributed by atoms with E-state index in [2.05, 4.69) is 12.2 Å². The molecule has 0 spiro atoms. The van der Waals surface area contributed by atoms with E-state index in [9.17, 15) is 4.79 Å². The molecule has 122 valence electrons. The first-order valence-electron chi connectivity index (χ1n) is 8.30. The number of hydrogen-bond donors (Lipinski definition) is 1. The van der Waals surface area contributed by atoms with Crippen LogP contribution < -0.4 is 10.1 Å². The lowest BCUT2D eigenvalue weighted by molar-refractivity contribution is 0.102. The molecule has 3 nitrogen and oxygen atoms in total. The summed E-state index contributed by atoms with van der Waals surface area (Å²) in [5, 5.41) is 2.93. The first-order valence-corrected chi connectivity index (χ1v) is 8.30. The lowest BCUT2D eigenvalue weighted by Gasteiger charge is -2.10. The maximum atomic E-state index is 12.3. The third-order valence-corrected chi connectivity index (χ3v) is 3.75. The van der Waals surface area contributed by atoms with E-state index in [1.54, 1.807) is 0 Å². The zero-order valence-electron chi connectivity index (χ0n) is 14.0. The van der Waals surface area contributed by atoms with Gasteiger partial charge >= 0.3 is 0 Å². The van der Waals surface area contributed by atoms with Crippen molar-refractivity contribution in [2.24, 2.45) is 0 Å². The maximum absolute atomic E-state index is 12.3. The second-order valence-corrected chi connectivity index (χ2v) is 5.71. The minimum absolute atomic E-state index is 0.0943. The summed E-state index contributed by atoms with van der Waals surface area (Å²) < 4.78 is 5.75. The first kappa shape index (κ1) is 17.1. The van der Waals surface area contributed by atoms with E-state index in [-0.39, 0.29) is 5.91 Å². The summed E-state index contributed by atoms with van der Waals surface area (Å²) >= 11 is 0. The number of carbonyl (C=O) groups excluding carboxylic acids is 1. The number of anilines is 1. The fourth-order valence-corrected chi connectivity index (χ4v) is 2.41. The van der Waals surface area contributed by atoms with Gasteiger partial charge in [0.25, 0.3) is 5.91 Å². The molecule has 0 unspecified atom stereocenters. The predicted molar refractivity (Wildman–Crippen MR) is 95.2 cm³/mol. The van der Waals surface area contributed by atoms with Gasteiger partial charge in [-0.15, -0.1) is 0 Å². The van der Waals surface area contributed by atoms with Gasteiger partial charge in [-0.3, -0.25) is 4.79 Å². The van der Waals surface area contributed by atoms with E-state index in [4.69, 9.17) is 4.74 Å². The average molecular weight is 311 g/mol. The standard InChI is InChI=1S/C20H25NO2/c1-3-4-5-8-14-23-18-12-9-11-17(15-18)21-20(22)19-13-7-6-10-16(19)2/h6-7,9-13,15H,3-5,8,14H2,1-2H3,(H,21,22). The van der Waals surface area contributed by atoms with Crippen molar-refractivity contribution in [3.05, 3.63) is 59.7 Å². The molecule has 2 rings (SSSR count). The Morgan fingerprint density at radius 3 is 2.65 bits per heavy atom. The Balaban J connectivity index is 1.92. The quantitative estimate of drug-likeness (QED) is 0.680. The van der Waals surface area contributed by atoms with Crippen LogP contribution in [-0.2, 0) is 0 Å². The van der Waals surface area contributed by atoms with E-state index in [0.717, 1.165) is 30.0 Å². The number of carbonyl (C=O) groups is 1. The first-order chi connectivity index (χ1) is 11.2. The number of benzene rings is 2. The SMILES string of the molecule is CCCCCCOc1cccc(NC(=O)c2ccccc2C)c1. The summed E-state index contributed by atoms with van der Waals surface area (Å²) in [7, 11) is 0. The van der Waals surface area contributed by atoms with Crippen molar-refractivity contribution < 1.29 is 9.53 Å². The highest BCUT2D eigenvalue weighted by molar-refractivity contribution is 6.05. The van der Waals surface area contributed by atoms with Crippen molar-refractivity contribution in [1.82, 2.24) is 0 Å². The number of amides is 1. The molecule has 0 atom stereocenters. The van der Waals surface area contributed by atoms with Crippen LogP contribution in [-0.4, -0.2) is 12.5 Å². The molecule has 3 heteroatoms. The molecule has 0 aliphatic rings. The summed E-state index contributed by atoms with van der Waals surface area (Å²) in [5.41, 5.74) is 2.41. The fraction of sp³-hybridized carbons (Fsp3) is 0.350. The molecule has 0 aromatic heterocycles. The van der Waals surface area contributed by atoms with Gasteiger partial charge in [-0.05, 0) is 37.1 Å². The third kappa shape index (κ3) is 5.44. The fourth-order valence-electron chi connectivity index (χ4n) is 2.41. The normalized spacial score (nSPS) is 10.3. The molecule has 1 amide bonds. The van der Waals surface area contributed by atoms with Gasteiger partial charge in [0.1, 0.15) is 5.75 Å². The van der Waals surface area contributed by atoms with Crippen LogP contribution in [0.4, 0.5) is 5.69 Å². The summed E-state index contributed by atoms with van der Waals surface area (Å²) in [5.74, 6) is 0.701. The molecular weight excluding hydrogens is 286 g/mol. The zero-order chi connectivity index (χ0) is 16.5. The molecule has 23 heavy (non-hydrogen) atoms. The van der Waals surface area contributed by atoms with Gasteiger partial charge in [0, 0.05) is 17.3 Å². The van der Waals surface area contributed by atoms with Gasteiger partial charge in [0.2, 0.25) is 0 Å². The second kappa shape index (κ2) is 8.99. The van der Waals surface area contributed by atoms with Crippen molar-refractivity contribution in [2.75, 3.05) is 11.9 Å². The van der Waals surface area contributed by atoms with Gasteiger partial charge in [0.05, 0.1) is 6.61 Å². The zero-order valence-corrected chi connectivity index (χ0v) is 14.0. The molecule has 0 heterocycles. The molecule has 0 radical (unpaired) electrons. The van der Waals surface area contributed by atoms with Gasteiger partial charge in [-0.2, -0.15) is 0 Å². The number of aryl methyl sites for hydroxylation is 1. The molecule has 2 aromatic carbocycles. The van der Waals surface area contributed by atoms with Crippen LogP contribution >= 0.6 is 0 Å². The molecule has 0 saturated heterocycles. The van der Waals surface area contributed by atoms with Crippen molar-refractivity contribution in [2.45, 2.75) is 39.5 Å². The maximum Gasteiger partial charge on any atom is 0.255 e. The highest BCUT2D eigenvalue weighted by atomic mass is 16.5. The number of rotatable bonds is 8. The van der Waals surface area contributed by atoms with Crippen molar-refractivity contribution in [3.8, 4) is 5.75 Å². The van der Waals surface area contributed by atoms with Crippen LogP contribution in [0.2, 0.25) is 0 Å². The van der Waals surface area contributed by atoms with E-state index >= 15 is 0 Å². The minimum atomic E-state index is -0.0943. The summed E-state index contributed by atoms with van der Waals surface area (Å²) in [6.07, 6.45) is 4.73. The van der Waals surface area contributed by atoms with Crippen LogP contribution in [0.25, 0.3) is 0 Å². The number of ether oxygens (including phenoxy) is 1. The predicted octanol–water partition coefficient (Wildman–Crippen LogP) is 5.21. The highest BCUT2D eigenvalue weighted by Crippen LogP contribution is 2.19. The Kier molecular flexibility index (Phi) is 6.67. The van der Waals surface area contributed by atoms with Gasteiger partial charge < -0.3 is 10.1 Å². The molecule has 1 N–H and O–H groups in total. The van der Waals surface area contributed by atoms with E-state index in [0.29, 0.717) is 5.56 Å². The van der Waals surface area contributed by atoms with Crippen molar-refractivity contribution in [3.63, 3.8) is 0 Å². The summed E-state index contributed by atoms with van der Waals surface area (Å²) in [6.45, 7) is 4.85. The van der Waals surface area contributed by atoms with Gasteiger partial charge in [-0.25, -0.2) is 0 Å². The molecule has 2 aromatic rings. The molecule has 0 bridgehead atoms. The Hall–Kier alpha value is -2.29. The monoisotopic (exact) mass is 311 g/mol. The Labute approximate surface area is 138 Å². The lowest BCUT2D eigenvalue weighted by atomic mass is 10.1. The number of nitrogens with one attached hydrogen (secondary N) is 1. The van der Waals surface area contributed by atoms with Gasteiger partial charge in [-0.1, -0.05) is 50.5 Å². The smallest absolute Gasteiger partial charge is 0.255 e. The van der Waals surface area contributed by atoms with Crippen LogP contribution in [0.3, 0.4) is 0 Å². The number of hydrogen-bond acceptors (Lipinski definition) is 2. The number of unbranched alkanes of at least 4 members (excludes halogenated alkanes) is 3. The lowest BCUT2D eigenvalue weighted by Crippen LogP contribution is -2.13.